The largest absolute Gasteiger partial charge is 0.357 e. The number of imide groups is 1. The van der Waals surface area contributed by atoms with E-state index in [2.05, 4.69) is 21.3 Å². The topological polar surface area (TPSA) is 106 Å². The predicted molar refractivity (Wildman–Crippen MR) is 131 cm³/mol. The van der Waals surface area contributed by atoms with Crippen molar-refractivity contribution in [2.75, 3.05) is 31.1 Å². The average Bonchev–Trinajstić information content (AvgIpc) is 3.12. The molecule has 1 N–H and O–H groups in total. The number of benzene rings is 1. The fraction of sp³-hybridized carbons (Fsp3) is 0.292. The Labute approximate surface area is 206 Å². The highest BCUT2D eigenvalue weighted by atomic mass is 35.5. The Bertz CT molecular complexity index is 1150. The molecule has 2 aliphatic heterocycles. The minimum absolute atomic E-state index is 0.0730. The maximum Gasteiger partial charge on any atom is 0.293 e. The van der Waals surface area contributed by atoms with Crippen molar-refractivity contribution >= 4 is 52.3 Å². The smallest absolute Gasteiger partial charge is 0.293 e. The Morgan fingerprint density at radius 1 is 1.21 bits per heavy atom. The molecule has 174 valence electrons. The first kappa shape index (κ1) is 23.8. The summed E-state index contributed by atoms with van der Waals surface area (Å²) in [6.45, 7) is 1.72. The molecule has 0 unspecified atom stereocenters. The molecule has 0 spiro atoms. The zero-order chi connectivity index (χ0) is 24.1. The van der Waals surface area contributed by atoms with Crippen molar-refractivity contribution in [3.05, 3.63) is 63.6 Å². The normalized spacial score (nSPS) is 17.8. The maximum absolute atomic E-state index is 12.6. The molecule has 2 saturated heterocycles. The number of carbonyl (C=O) groups is 3. The Kier molecular flexibility index (Phi) is 7.50. The van der Waals surface area contributed by atoms with Crippen molar-refractivity contribution in [1.29, 1.82) is 5.26 Å². The highest BCUT2D eigenvalue weighted by molar-refractivity contribution is 8.18. The van der Waals surface area contributed by atoms with E-state index in [9.17, 15) is 14.4 Å². The van der Waals surface area contributed by atoms with Gasteiger partial charge in [0.05, 0.1) is 10.5 Å². The third-order valence-electron chi connectivity index (χ3n) is 5.74. The average molecular weight is 496 g/mol. The SMILES string of the molecule is N#Cc1ccc(N2CCC(C(=O)NCCN3C(=O)S/C(=C\c4ccc(Cl)cc4)C3=O)CC2)nc1. The monoisotopic (exact) mass is 495 g/mol. The second kappa shape index (κ2) is 10.7. The van der Waals surface area contributed by atoms with Gasteiger partial charge in [-0.1, -0.05) is 23.7 Å². The van der Waals surface area contributed by atoms with E-state index in [1.165, 1.54) is 0 Å². The fourth-order valence-electron chi connectivity index (χ4n) is 3.85. The van der Waals surface area contributed by atoms with Gasteiger partial charge in [-0.3, -0.25) is 19.3 Å². The molecular formula is C24H22ClN5O3S. The molecule has 0 bridgehead atoms. The first-order valence-electron chi connectivity index (χ1n) is 10.8. The van der Waals surface area contributed by atoms with E-state index in [1.807, 2.05) is 6.07 Å². The number of nitrogens with zero attached hydrogens (tertiary/aromatic N) is 4. The molecular weight excluding hydrogens is 474 g/mol. The molecule has 4 rings (SSSR count). The van der Waals surface area contributed by atoms with E-state index in [-0.39, 0.29) is 36.1 Å². The first-order valence-corrected chi connectivity index (χ1v) is 12.0. The molecule has 8 nitrogen and oxygen atoms in total. The quantitative estimate of drug-likeness (QED) is 0.609. The molecule has 3 heterocycles. The summed E-state index contributed by atoms with van der Waals surface area (Å²) in [7, 11) is 0. The second-order valence-corrected chi connectivity index (χ2v) is 9.38. The lowest BCUT2D eigenvalue weighted by Gasteiger charge is -2.32. The van der Waals surface area contributed by atoms with Gasteiger partial charge in [-0.05, 0) is 60.5 Å². The summed E-state index contributed by atoms with van der Waals surface area (Å²) in [6, 6.07) is 12.6. The molecule has 0 atom stereocenters. The van der Waals surface area contributed by atoms with Crippen LogP contribution in [0.3, 0.4) is 0 Å². The number of rotatable bonds is 6. The Morgan fingerprint density at radius 3 is 2.59 bits per heavy atom. The van der Waals surface area contributed by atoms with Gasteiger partial charge in [-0.25, -0.2) is 4.98 Å². The van der Waals surface area contributed by atoms with Crippen molar-refractivity contribution in [3.8, 4) is 6.07 Å². The third-order valence-corrected chi connectivity index (χ3v) is 6.90. The van der Waals surface area contributed by atoms with E-state index >= 15 is 0 Å². The molecule has 0 saturated carbocycles. The lowest BCUT2D eigenvalue weighted by atomic mass is 9.96. The van der Waals surface area contributed by atoms with Crippen LogP contribution in [0.25, 0.3) is 6.08 Å². The van der Waals surface area contributed by atoms with Gasteiger partial charge >= 0.3 is 0 Å². The molecule has 2 fully saturated rings. The Hall–Kier alpha value is -3.35. The molecule has 2 aromatic rings. The molecule has 0 aliphatic carbocycles. The maximum atomic E-state index is 12.6. The van der Waals surface area contributed by atoms with E-state index in [1.54, 1.807) is 42.6 Å². The van der Waals surface area contributed by atoms with Crippen LogP contribution >= 0.6 is 23.4 Å². The number of piperidine rings is 1. The minimum atomic E-state index is -0.359. The molecule has 1 aromatic carbocycles. The number of aromatic nitrogens is 1. The van der Waals surface area contributed by atoms with E-state index in [0.29, 0.717) is 41.4 Å². The summed E-state index contributed by atoms with van der Waals surface area (Å²) in [5.41, 5.74) is 1.30. The summed E-state index contributed by atoms with van der Waals surface area (Å²) < 4.78 is 0. The number of hydrogen-bond acceptors (Lipinski definition) is 7. The Morgan fingerprint density at radius 2 is 1.94 bits per heavy atom. The van der Waals surface area contributed by atoms with Crippen molar-refractivity contribution in [2.45, 2.75) is 12.8 Å². The fourth-order valence-corrected chi connectivity index (χ4v) is 4.84. The van der Waals surface area contributed by atoms with Crippen LogP contribution in [0.4, 0.5) is 10.6 Å². The molecule has 0 radical (unpaired) electrons. The zero-order valence-electron chi connectivity index (χ0n) is 18.2. The van der Waals surface area contributed by atoms with Gasteiger partial charge < -0.3 is 10.2 Å². The summed E-state index contributed by atoms with van der Waals surface area (Å²) in [4.78, 5) is 45.4. The number of hydrogen-bond donors (Lipinski definition) is 1. The molecule has 2 aliphatic rings. The minimum Gasteiger partial charge on any atom is -0.357 e. The molecule has 3 amide bonds. The van der Waals surface area contributed by atoms with Crippen LogP contribution in [0.1, 0.15) is 24.0 Å². The number of pyridine rings is 1. The number of anilines is 1. The van der Waals surface area contributed by atoms with Gasteiger partial charge in [-0.2, -0.15) is 5.26 Å². The number of nitriles is 1. The summed E-state index contributed by atoms with van der Waals surface area (Å²) in [5, 5.41) is 12.0. The molecule has 1 aromatic heterocycles. The lowest BCUT2D eigenvalue weighted by Crippen LogP contribution is -2.43. The molecule has 10 heteroatoms. The summed E-state index contributed by atoms with van der Waals surface area (Å²) >= 11 is 6.77. The Balaban J connectivity index is 1.24. The van der Waals surface area contributed by atoms with Crippen LogP contribution < -0.4 is 10.2 Å². The van der Waals surface area contributed by atoms with Gasteiger partial charge in [0, 0.05) is 43.3 Å². The van der Waals surface area contributed by atoms with Gasteiger partial charge in [0.25, 0.3) is 11.1 Å². The standard InChI is InChI=1S/C24H22ClN5O3S/c25-19-4-1-16(2-5-19)13-20-23(32)30(24(33)34-20)12-9-27-22(31)18-7-10-29(11-8-18)21-6-3-17(14-26)15-28-21/h1-6,13,15,18H,7-12H2,(H,27,31)/b20-13-. The highest BCUT2D eigenvalue weighted by Crippen LogP contribution is 2.32. The van der Waals surface area contributed by atoms with Gasteiger partial charge in [-0.15, -0.1) is 0 Å². The summed E-state index contributed by atoms with van der Waals surface area (Å²) in [5.74, 6) is 0.233. The van der Waals surface area contributed by atoms with Crippen LogP contribution in [-0.4, -0.2) is 53.1 Å². The number of amides is 3. The van der Waals surface area contributed by atoms with Gasteiger partial charge in [0.1, 0.15) is 11.9 Å². The van der Waals surface area contributed by atoms with Gasteiger partial charge in [0.2, 0.25) is 5.91 Å². The van der Waals surface area contributed by atoms with E-state index in [0.717, 1.165) is 28.0 Å². The second-order valence-electron chi connectivity index (χ2n) is 7.95. The van der Waals surface area contributed by atoms with E-state index < -0.39 is 0 Å². The van der Waals surface area contributed by atoms with Crippen molar-refractivity contribution in [3.63, 3.8) is 0 Å². The van der Waals surface area contributed by atoms with Crippen LogP contribution in [0.5, 0.6) is 0 Å². The number of nitrogens with one attached hydrogen (secondary N) is 1. The van der Waals surface area contributed by atoms with Crippen LogP contribution in [0.15, 0.2) is 47.5 Å². The number of halogens is 1. The summed E-state index contributed by atoms with van der Waals surface area (Å²) in [6.07, 6.45) is 4.57. The van der Waals surface area contributed by atoms with Crippen molar-refractivity contribution in [1.82, 2.24) is 15.2 Å². The highest BCUT2D eigenvalue weighted by Gasteiger charge is 2.35. The number of thioether (sulfide) groups is 1. The van der Waals surface area contributed by atoms with Gasteiger partial charge in [0.15, 0.2) is 0 Å². The third kappa shape index (κ3) is 5.58. The predicted octanol–water partition coefficient (Wildman–Crippen LogP) is 3.68. The molecule has 34 heavy (non-hydrogen) atoms. The van der Waals surface area contributed by atoms with Crippen molar-refractivity contribution < 1.29 is 14.4 Å². The zero-order valence-corrected chi connectivity index (χ0v) is 19.8. The van der Waals surface area contributed by atoms with Crippen LogP contribution in [-0.2, 0) is 9.59 Å². The lowest BCUT2D eigenvalue weighted by molar-refractivity contribution is -0.126. The van der Waals surface area contributed by atoms with Crippen LogP contribution in [0.2, 0.25) is 5.02 Å². The van der Waals surface area contributed by atoms with E-state index in [4.69, 9.17) is 16.9 Å². The first-order chi connectivity index (χ1) is 16.4. The number of carbonyl (C=O) groups excluding carboxylic acids is 3. The van der Waals surface area contributed by atoms with Crippen molar-refractivity contribution in [2.24, 2.45) is 5.92 Å². The van der Waals surface area contributed by atoms with Crippen LogP contribution in [0, 0.1) is 17.2 Å².